The van der Waals surface area contributed by atoms with Crippen LogP contribution in [0.3, 0.4) is 0 Å². The second-order valence-corrected chi connectivity index (χ2v) is 13.9. The maximum absolute atomic E-state index is 10.1. The molecule has 0 fully saturated rings. The molecule has 0 amide bonds. The van der Waals surface area contributed by atoms with Crippen molar-refractivity contribution in [1.82, 2.24) is 0 Å². The molecule has 0 bridgehead atoms. The Morgan fingerprint density at radius 1 is 0.810 bits per heavy atom. The summed E-state index contributed by atoms with van der Waals surface area (Å²) in [5.74, 6) is 0. The Bertz CT molecular complexity index is 1240. The highest BCUT2D eigenvalue weighted by Crippen LogP contribution is 2.41. The van der Waals surface area contributed by atoms with Gasteiger partial charge in [-0.1, -0.05) is 128 Å². The van der Waals surface area contributed by atoms with Crippen LogP contribution in [0.15, 0.2) is 117 Å². The molecular formula is C40H58O2. The molecule has 2 N–H and O–H groups in total. The normalized spacial score (nSPS) is 25.4. The van der Waals surface area contributed by atoms with Gasteiger partial charge in [-0.3, -0.25) is 0 Å². The lowest BCUT2D eigenvalue weighted by Gasteiger charge is -2.35. The Kier molecular flexibility index (Phi) is 13.7. The summed E-state index contributed by atoms with van der Waals surface area (Å²) in [4.78, 5) is 0. The maximum atomic E-state index is 10.1. The van der Waals surface area contributed by atoms with Crippen molar-refractivity contribution in [1.29, 1.82) is 0 Å². The summed E-state index contributed by atoms with van der Waals surface area (Å²) in [5, 5.41) is 20.2. The molecule has 2 aliphatic carbocycles. The predicted octanol–water partition coefficient (Wildman–Crippen LogP) is 10.8. The van der Waals surface area contributed by atoms with Gasteiger partial charge in [-0.05, 0) is 108 Å². The van der Waals surface area contributed by atoms with Crippen LogP contribution in [0.2, 0.25) is 0 Å². The van der Waals surface area contributed by atoms with Gasteiger partial charge < -0.3 is 10.2 Å². The molecule has 2 rings (SSSR count). The SMILES string of the molecule is CC1=C[C@H](O)CC(C)(C)/C1=C/C=C(\C)C/C=C/C(C)=C/C/C=C/C(C)=C/C/C=C(C)/C=C/C1=C(C)C[C@@H](O)CC1(C)C. The lowest BCUT2D eigenvalue weighted by atomic mass is 9.71. The van der Waals surface area contributed by atoms with Crippen LogP contribution >= 0.6 is 0 Å². The van der Waals surface area contributed by atoms with Crippen LogP contribution in [0.25, 0.3) is 0 Å². The molecule has 0 radical (unpaired) electrons. The van der Waals surface area contributed by atoms with E-state index in [1.54, 1.807) is 0 Å². The van der Waals surface area contributed by atoms with E-state index < -0.39 is 0 Å². The van der Waals surface area contributed by atoms with Crippen LogP contribution in [0.5, 0.6) is 0 Å². The lowest BCUT2D eigenvalue weighted by molar-refractivity contribution is 0.116. The number of aliphatic hydroxyl groups excluding tert-OH is 2. The Morgan fingerprint density at radius 2 is 1.40 bits per heavy atom. The monoisotopic (exact) mass is 570 g/mol. The summed E-state index contributed by atoms with van der Waals surface area (Å²) >= 11 is 0. The molecule has 2 nitrogen and oxygen atoms in total. The van der Waals surface area contributed by atoms with Crippen LogP contribution < -0.4 is 0 Å². The molecule has 0 saturated carbocycles. The van der Waals surface area contributed by atoms with Crippen molar-refractivity contribution in [3.63, 3.8) is 0 Å². The number of rotatable bonds is 11. The lowest BCUT2D eigenvalue weighted by Crippen LogP contribution is -2.28. The maximum Gasteiger partial charge on any atom is 0.0734 e. The summed E-state index contributed by atoms with van der Waals surface area (Å²) < 4.78 is 0. The Morgan fingerprint density at radius 3 is 2.02 bits per heavy atom. The first-order valence-corrected chi connectivity index (χ1v) is 15.8. The van der Waals surface area contributed by atoms with E-state index in [0.29, 0.717) is 0 Å². The Labute approximate surface area is 258 Å². The average Bonchev–Trinajstić information content (AvgIpc) is 2.84. The van der Waals surface area contributed by atoms with Gasteiger partial charge in [0, 0.05) is 0 Å². The molecule has 2 heteroatoms. The minimum absolute atomic E-state index is 0.00581. The zero-order chi connectivity index (χ0) is 31.5. The first kappa shape index (κ1) is 35.5. The molecule has 0 aliphatic heterocycles. The highest BCUT2D eigenvalue weighted by Gasteiger charge is 2.32. The molecule has 0 aromatic rings. The largest absolute Gasteiger partial charge is 0.393 e. The first-order valence-electron chi connectivity index (χ1n) is 15.8. The van der Waals surface area contributed by atoms with Gasteiger partial charge in [-0.15, -0.1) is 0 Å². The van der Waals surface area contributed by atoms with Gasteiger partial charge in [0.2, 0.25) is 0 Å². The van der Waals surface area contributed by atoms with Gasteiger partial charge in [0.25, 0.3) is 0 Å². The van der Waals surface area contributed by atoms with Crippen LogP contribution in [0.1, 0.15) is 108 Å². The van der Waals surface area contributed by atoms with E-state index in [9.17, 15) is 10.2 Å². The third-order valence-electron chi connectivity index (χ3n) is 8.50. The molecule has 0 spiro atoms. The highest BCUT2D eigenvalue weighted by atomic mass is 16.3. The van der Waals surface area contributed by atoms with Crippen molar-refractivity contribution in [2.45, 2.75) is 120 Å². The molecule has 42 heavy (non-hydrogen) atoms. The number of hydrogen-bond donors (Lipinski definition) is 2. The summed E-state index contributed by atoms with van der Waals surface area (Å²) in [7, 11) is 0. The summed E-state index contributed by atoms with van der Waals surface area (Å²) in [6.45, 7) is 21.8. The quantitative estimate of drug-likeness (QED) is 0.243. The molecule has 0 heterocycles. The van der Waals surface area contributed by atoms with Gasteiger partial charge >= 0.3 is 0 Å². The van der Waals surface area contributed by atoms with Crippen LogP contribution in [0, 0.1) is 10.8 Å². The van der Waals surface area contributed by atoms with Gasteiger partial charge in [0.05, 0.1) is 12.2 Å². The van der Waals surface area contributed by atoms with Crippen molar-refractivity contribution in [2.24, 2.45) is 10.8 Å². The number of aliphatic hydroxyl groups is 2. The van der Waals surface area contributed by atoms with E-state index in [4.69, 9.17) is 0 Å². The van der Waals surface area contributed by atoms with Crippen molar-refractivity contribution >= 4 is 0 Å². The van der Waals surface area contributed by atoms with Crippen LogP contribution in [-0.2, 0) is 0 Å². The second-order valence-electron chi connectivity index (χ2n) is 13.9. The molecule has 0 unspecified atom stereocenters. The van der Waals surface area contributed by atoms with E-state index in [1.165, 1.54) is 44.6 Å². The summed E-state index contributed by atoms with van der Waals surface area (Å²) in [6, 6.07) is 0. The van der Waals surface area contributed by atoms with Crippen LogP contribution in [0.4, 0.5) is 0 Å². The zero-order valence-corrected chi connectivity index (χ0v) is 28.2. The zero-order valence-electron chi connectivity index (χ0n) is 28.2. The fraction of sp³-hybridized carbons (Fsp3) is 0.500. The molecule has 0 saturated heterocycles. The topological polar surface area (TPSA) is 40.5 Å². The molecule has 0 aromatic carbocycles. The minimum atomic E-state index is -0.339. The standard InChI is InChI=1S/C40H58O2/c1-29(17-13-19-31(3)21-23-37-33(5)25-35(41)27-39(37,7)8)15-11-12-16-30(2)18-14-20-32(4)22-24-38-34(6)26-36(42)28-40(38,9)10/h11,14-19,21-24,26,35-36,41-42H,12-13,20,25,27-28H2,1-10H3/b15-11+,18-14+,23-21+,29-17+,30-16+,31-19+,32-22+,38-24+/t35-,36+/m1/s1. The Balaban J connectivity index is 1.83. The van der Waals surface area contributed by atoms with Gasteiger partial charge in [-0.25, -0.2) is 0 Å². The van der Waals surface area contributed by atoms with Crippen molar-refractivity contribution < 1.29 is 10.2 Å². The predicted molar refractivity (Wildman–Crippen MR) is 184 cm³/mol. The summed E-state index contributed by atoms with van der Waals surface area (Å²) in [5.41, 5.74) is 10.3. The Hall–Kier alpha value is -2.68. The van der Waals surface area contributed by atoms with E-state index in [2.05, 4.69) is 136 Å². The second kappa shape index (κ2) is 16.2. The fourth-order valence-electron chi connectivity index (χ4n) is 6.22. The summed E-state index contributed by atoms with van der Waals surface area (Å²) in [6.07, 6.45) is 31.2. The van der Waals surface area contributed by atoms with E-state index in [-0.39, 0.29) is 23.0 Å². The number of allylic oxidation sites excluding steroid dienone is 18. The van der Waals surface area contributed by atoms with E-state index >= 15 is 0 Å². The fourth-order valence-corrected chi connectivity index (χ4v) is 6.22. The van der Waals surface area contributed by atoms with Crippen molar-refractivity contribution in [3.05, 3.63) is 117 Å². The van der Waals surface area contributed by atoms with E-state index in [1.807, 2.05) is 6.08 Å². The highest BCUT2D eigenvalue weighted by molar-refractivity contribution is 5.41. The minimum Gasteiger partial charge on any atom is -0.393 e. The van der Waals surface area contributed by atoms with Gasteiger partial charge in [0.15, 0.2) is 0 Å². The molecule has 2 atom stereocenters. The van der Waals surface area contributed by atoms with Gasteiger partial charge in [0.1, 0.15) is 0 Å². The van der Waals surface area contributed by atoms with Crippen LogP contribution in [-0.4, -0.2) is 22.4 Å². The first-order chi connectivity index (χ1) is 19.6. The van der Waals surface area contributed by atoms with Crippen molar-refractivity contribution in [3.8, 4) is 0 Å². The third-order valence-corrected chi connectivity index (χ3v) is 8.50. The molecule has 230 valence electrons. The average molecular weight is 571 g/mol. The third kappa shape index (κ3) is 11.9. The van der Waals surface area contributed by atoms with Gasteiger partial charge in [-0.2, -0.15) is 0 Å². The van der Waals surface area contributed by atoms with Crippen molar-refractivity contribution in [2.75, 3.05) is 0 Å². The van der Waals surface area contributed by atoms with E-state index in [0.717, 1.165) is 38.5 Å². The molecular weight excluding hydrogens is 512 g/mol. The smallest absolute Gasteiger partial charge is 0.0734 e. The molecule has 0 aromatic heterocycles. The molecule has 2 aliphatic rings. The number of hydrogen-bond acceptors (Lipinski definition) is 2.